The van der Waals surface area contributed by atoms with Crippen molar-refractivity contribution in [3.63, 3.8) is 0 Å². The van der Waals surface area contributed by atoms with Crippen LogP contribution in [0.5, 0.6) is 5.75 Å². The SMILES string of the molecule is N=C(N)c1ccc(OCCN2CC3CCC(O)C3C2)cc1. The molecule has 3 atom stereocenters. The van der Waals surface area contributed by atoms with Crippen molar-refractivity contribution in [1.82, 2.24) is 4.90 Å². The first-order valence-corrected chi connectivity index (χ1v) is 7.61. The van der Waals surface area contributed by atoms with E-state index in [0.29, 0.717) is 24.0 Å². The number of amidine groups is 1. The second kappa shape index (κ2) is 6.03. The largest absolute Gasteiger partial charge is 0.492 e. The fourth-order valence-electron chi connectivity index (χ4n) is 3.53. The van der Waals surface area contributed by atoms with E-state index in [4.69, 9.17) is 15.9 Å². The van der Waals surface area contributed by atoms with E-state index in [2.05, 4.69) is 4.90 Å². The molecule has 0 amide bonds. The third-order valence-corrected chi connectivity index (χ3v) is 4.74. The van der Waals surface area contributed by atoms with Crippen molar-refractivity contribution in [2.75, 3.05) is 26.2 Å². The van der Waals surface area contributed by atoms with Crippen LogP contribution in [0.4, 0.5) is 0 Å². The summed E-state index contributed by atoms with van der Waals surface area (Å²) in [5.74, 6) is 2.03. The Balaban J connectivity index is 1.43. The van der Waals surface area contributed by atoms with E-state index in [-0.39, 0.29) is 11.9 Å². The predicted molar refractivity (Wildman–Crippen MR) is 81.6 cm³/mol. The van der Waals surface area contributed by atoms with Crippen LogP contribution in [0.15, 0.2) is 24.3 Å². The Hall–Kier alpha value is -1.59. The van der Waals surface area contributed by atoms with Crippen molar-refractivity contribution >= 4 is 5.84 Å². The minimum Gasteiger partial charge on any atom is -0.492 e. The number of benzene rings is 1. The molecule has 1 heterocycles. The van der Waals surface area contributed by atoms with E-state index < -0.39 is 0 Å². The standard InChI is InChI=1S/C16H23N3O2/c17-16(18)11-1-4-13(5-2-11)21-8-7-19-9-12-3-6-15(20)14(12)10-19/h1-2,4-5,12,14-15,20H,3,6-10H2,(H3,17,18). The molecular weight excluding hydrogens is 266 g/mol. The number of likely N-dealkylation sites (tertiary alicyclic amines) is 1. The molecule has 3 unspecified atom stereocenters. The van der Waals surface area contributed by atoms with E-state index >= 15 is 0 Å². The summed E-state index contributed by atoms with van der Waals surface area (Å²) < 4.78 is 5.74. The number of aliphatic hydroxyl groups is 1. The molecule has 0 spiro atoms. The first-order chi connectivity index (χ1) is 10.1. The topological polar surface area (TPSA) is 82.6 Å². The molecule has 1 aromatic carbocycles. The number of nitrogens with one attached hydrogen (secondary N) is 1. The highest BCUT2D eigenvalue weighted by molar-refractivity contribution is 5.94. The lowest BCUT2D eigenvalue weighted by molar-refractivity contribution is 0.122. The molecule has 5 heteroatoms. The lowest BCUT2D eigenvalue weighted by Gasteiger charge is -2.18. The van der Waals surface area contributed by atoms with Crippen LogP contribution in [0.25, 0.3) is 0 Å². The predicted octanol–water partition coefficient (Wildman–Crippen LogP) is 1.05. The molecule has 1 saturated carbocycles. The van der Waals surface area contributed by atoms with Crippen LogP contribution in [-0.2, 0) is 0 Å². The molecule has 1 saturated heterocycles. The second-order valence-electron chi connectivity index (χ2n) is 6.11. The Bertz CT molecular complexity index is 503. The molecule has 1 aliphatic carbocycles. The number of nitrogens with two attached hydrogens (primary N) is 1. The molecule has 4 N–H and O–H groups in total. The van der Waals surface area contributed by atoms with Crippen molar-refractivity contribution in [1.29, 1.82) is 5.41 Å². The smallest absolute Gasteiger partial charge is 0.122 e. The summed E-state index contributed by atoms with van der Waals surface area (Å²) in [4.78, 5) is 2.39. The van der Waals surface area contributed by atoms with E-state index in [9.17, 15) is 5.11 Å². The van der Waals surface area contributed by atoms with E-state index in [1.54, 1.807) is 12.1 Å². The Labute approximate surface area is 125 Å². The van der Waals surface area contributed by atoms with Crippen molar-refractivity contribution in [3.05, 3.63) is 29.8 Å². The number of nitrogens with zero attached hydrogens (tertiary/aromatic N) is 1. The maximum Gasteiger partial charge on any atom is 0.122 e. The van der Waals surface area contributed by atoms with Gasteiger partial charge in [0.2, 0.25) is 0 Å². The summed E-state index contributed by atoms with van der Waals surface area (Å²) in [6.45, 7) is 3.63. The van der Waals surface area contributed by atoms with Crippen LogP contribution in [0.3, 0.4) is 0 Å². The van der Waals surface area contributed by atoms with Crippen molar-refractivity contribution < 1.29 is 9.84 Å². The highest BCUT2D eigenvalue weighted by Crippen LogP contribution is 2.37. The second-order valence-corrected chi connectivity index (χ2v) is 6.11. The molecule has 3 rings (SSSR count). The van der Waals surface area contributed by atoms with Crippen LogP contribution in [0.1, 0.15) is 18.4 Å². The van der Waals surface area contributed by atoms with Gasteiger partial charge >= 0.3 is 0 Å². The van der Waals surface area contributed by atoms with Crippen molar-refractivity contribution in [2.24, 2.45) is 17.6 Å². The molecule has 0 radical (unpaired) electrons. The third-order valence-electron chi connectivity index (χ3n) is 4.74. The maximum absolute atomic E-state index is 9.91. The minimum atomic E-state index is -0.0972. The molecule has 1 aliphatic heterocycles. The quantitative estimate of drug-likeness (QED) is 0.559. The van der Waals surface area contributed by atoms with Crippen molar-refractivity contribution in [2.45, 2.75) is 18.9 Å². The summed E-state index contributed by atoms with van der Waals surface area (Å²) in [6.07, 6.45) is 2.04. The van der Waals surface area contributed by atoms with Gasteiger partial charge in [0.05, 0.1) is 6.10 Å². The molecule has 2 fully saturated rings. The van der Waals surface area contributed by atoms with Gasteiger partial charge in [0.25, 0.3) is 0 Å². The number of fused-ring (bicyclic) bond motifs is 1. The molecule has 1 aromatic rings. The van der Waals surface area contributed by atoms with Gasteiger partial charge < -0.3 is 15.6 Å². The normalized spacial score (nSPS) is 28.5. The lowest BCUT2D eigenvalue weighted by Crippen LogP contribution is -2.28. The van der Waals surface area contributed by atoms with Crippen LogP contribution >= 0.6 is 0 Å². The van der Waals surface area contributed by atoms with E-state index in [0.717, 1.165) is 38.2 Å². The zero-order valence-corrected chi connectivity index (χ0v) is 12.2. The van der Waals surface area contributed by atoms with Gasteiger partial charge in [-0.25, -0.2) is 0 Å². The summed E-state index contributed by atoms with van der Waals surface area (Å²) in [7, 11) is 0. The fourth-order valence-corrected chi connectivity index (χ4v) is 3.53. The van der Waals surface area contributed by atoms with Gasteiger partial charge in [0.15, 0.2) is 0 Å². The van der Waals surface area contributed by atoms with Crippen LogP contribution in [0, 0.1) is 17.2 Å². The van der Waals surface area contributed by atoms with Gasteiger partial charge in [0.1, 0.15) is 18.2 Å². The fraction of sp³-hybridized carbons (Fsp3) is 0.562. The maximum atomic E-state index is 9.91. The number of hydrogen-bond donors (Lipinski definition) is 3. The monoisotopic (exact) mass is 289 g/mol. The first-order valence-electron chi connectivity index (χ1n) is 7.61. The Morgan fingerprint density at radius 2 is 2.05 bits per heavy atom. The van der Waals surface area contributed by atoms with E-state index in [1.165, 1.54) is 0 Å². The summed E-state index contributed by atoms with van der Waals surface area (Å²) >= 11 is 0. The molecule has 5 nitrogen and oxygen atoms in total. The number of hydrogen-bond acceptors (Lipinski definition) is 4. The van der Waals surface area contributed by atoms with Gasteiger partial charge in [0, 0.05) is 31.1 Å². The summed E-state index contributed by atoms with van der Waals surface area (Å²) in [6, 6.07) is 7.29. The van der Waals surface area contributed by atoms with Gasteiger partial charge in [-0.2, -0.15) is 0 Å². The summed E-state index contributed by atoms with van der Waals surface area (Å²) in [5, 5.41) is 17.3. The average Bonchev–Trinajstić information content (AvgIpc) is 3.02. The Morgan fingerprint density at radius 1 is 1.29 bits per heavy atom. The highest BCUT2D eigenvalue weighted by Gasteiger charge is 2.41. The van der Waals surface area contributed by atoms with Crippen LogP contribution in [-0.4, -0.2) is 48.2 Å². The summed E-state index contributed by atoms with van der Waals surface area (Å²) in [5.41, 5.74) is 6.13. The minimum absolute atomic E-state index is 0.0729. The van der Waals surface area contributed by atoms with E-state index in [1.807, 2.05) is 12.1 Å². The molecule has 0 aromatic heterocycles. The van der Waals surface area contributed by atoms with Crippen molar-refractivity contribution in [3.8, 4) is 5.75 Å². The van der Waals surface area contributed by atoms with Gasteiger partial charge in [-0.05, 0) is 43.0 Å². The zero-order valence-electron chi connectivity index (χ0n) is 12.2. The van der Waals surface area contributed by atoms with Crippen LogP contribution < -0.4 is 10.5 Å². The highest BCUT2D eigenvalue weighted by atomic mass is 16.5. The number of ether oxygens (including phenoxy) is 1. The number of rotatable bonds is 5. The lowest BCUT2D eigenvalue weighted by atomic mass is 10.00. The molecule has 2 aliphatic rings. The molecule has 114 valence electrons. The van der Waals surface area contributed by atoms with Gasteiger partial charge in [-0.1, -0.05) is 0 Å². The van der Waals surface area contributed by atoms with Gasteiger partial charge in [-0.15, -0.1) is 0 Å². The number of aliphatic hydroxyl groups excluding tert-OH is 1. The Kier molecular flexibility index (Phi) is 4.12. The first kappa shape index (κ1) is 14.4. The van der Waals surface area contributed by atoms with Crippen LogP contribution in [0.2, 0.25) is 0 Å². The average molecular weight is 289 g/mol. The molecule has 21 heavy (non-hydrogen) atoms. The third kappa shape index (κ3) is 3.19. The Morgan fingerprint density at radius 3 is 2.71 bits per heavy atom. The number of nitrogen functional groups attached to an aromatic ring is 1. The zero-order chi connectivity index (χ0) is 14.8. The molecular formula is C16H23N3O2. The molecule has 0 bridgehead atoms. The van der Waals surface area contributed by atoms with Gasteiger partial charge in [-0.3, -0.25) is 10.3 Å².